The van der Waals surface area contributed by atoms with Gasteiger partial charge in [-0.1, -0.05) is 24.3 Å². The van der Waals surface area contributed by atoms with Crippen molar-refractivity contribution in [3.8, 4) is 0 Å². The largest absolute Gasteiger partial charge is 0.378 e. The fourth-order valence-electron chi connectivity index (χ4n) is 5.45. The van der Waals surface area contributed by atoms with Crippen LogP contribution in [-0.4, -0.2) is 28.3 Å². The van der Waals surface area contributed by atoms with Crippen LogP contribution in [0.5, 0.6) is 0 Å². The first-order valence-electron chi connectivity index (χ1n) is 11.2. The van der Waals surface area contributed by atoms with Gasteiger partial charge in [-0.05, 0) is 67.9 Å². The molecule has 160 valence electrons. The number of fused-ring (bicyclic) bond motifs is 3. The molecule has 6 nitrogen and oxygen atoms in total. The maximum atomic E-state index is 13.2. The lowest BCUT2D eigenvalue weighted by molar-refractivity contribution is -0.384. The Labute approximate surface area is 182 Å². The second kappa shape index (κ2) is 7.84. The number of nitrogens with zero attached hydrogens (tertiary/aromatic N) is 2. The zero-order valence-corrected chi connectivity index (χ0v) is 17.7. The first-order valence-corrected chi connectivity index (χ1v) is 11.2. The van der Waals surface area contributed by atoms with Crippen LogP contribution >= 0.6 is 0 Å². The fraction of sp³-hybridized carbons (Fsp3) is 0.400. The Morgan fingerprint density at radius 2 is 2.06 bits per heavy atom. The van der Waals surface area contributed by atoms with E-state index in [1.54, 1.807) is 12.1 Å². The normalized spacial score (nSPS) is 26.7. The number of piperidine rings is 1. The molecular formula is C25H27N3O3. The van der Waals surface area contributed by atoms with Crippen LogP contribution in [0.1, 0.15) is 66.1 Å². The van der Waals surface area contributed by atoms with Gasteiger partial charge in [-0.25, -0.2) is 0 Å². The molecule has 2 aliphatic heterocycles. The highest BCUT2D eigenvalue weighted by molar-refractivity contribution is 5.95. The highest BCUT2D eigenvalue weighted by atomic mass is 16.6. The summed E-state index contributed by atoms with van der Waals surface area (Å²) in [5.41, 5.74) is 3.95. The molecule has 1 N–H and O–H groups in total. The fourth-order valence-corrected chi connectivity index (χ4v) is 5.45. The van der Waals surface area contributed by atoms with Crippen molar-refractivity contribution in [1.82, 2.24) is 4.90 Å². The van der Waals surface area contributed by atoms with Gasteiger partial charge in [-0.2, -0.15) is 0 Å². The standard InChI is InChI=1S/C25H27N3O3/c1-16-6-2-3-13-27(16)25(29)18-11-12-23-22(15-18)20-9-5-10-21(20)24(26-23)17-7-4-8-19(14-17)28(30)31/h4-5,7-9,11-12,14-16,20-21,24,26H,2-3,6,10,13H2,1H3/t16-,20-,21+,24-/m1/s1. The summed E-state index contributed by atoms with van der Waals surface area (Å²) in [5.74, 6) is 0.593. The van der Waals surface area contributed by atoms with Gasteiger partial charge in [0.25, 0.3) is 11.6 Å². The van der Waals surface area contributed by atoms with Crippen LogP contribution in [0.15, 0.2) is 54.6 Å². The number of hydrogen-bond donors (Lipinski definition) is 1. The van der Waals surface area contributed by atoms with Crippen molar-refractivity contribution in [2.24, 2.45) is 5.92 Å². The van der Waals surface area contributed by atoms with Crippen molar-refractivity contribution in [2.45, 2.75) is 50.6 Å². The number of allylic oxidation sites excluding steroid dienone is 2. The quantitative estimate of drug-likeness (QED) is 0.410. The molecule has 4 atom stereocenters. The van der Waals surface area contributed by atoms with Crippen LogP contribution in [0.2, 0.25) is 0 Å². The molecule has 1 amide bonds. The summed E-state index contributed by atoms with van der Waals surface area (Å²) < 4.78 is 0. The van der Waals surface area contributed by atoms with Crippen molar-refractivity contribution < 1.29 is 9.72 Å². The predicted molar refractivity (Wildman–Crippen MR) is 120 cm³/mol. The van der Waals surface area contributed by atoms with Crippen LogP contribution in [0, 0.1) is 16.0 Å². The monoisotopic (exact) mass is 417 g/mol. The number of benzene rings is 2. The molecule has 1 aliphatic carbocycles. The minimum absolute atomic E-state index is 0.00364. The number of hydrogen-bond acceptors (Lipinski definition) is 4. The molecular weight excluding hydrogens is 390 g/mol. The van der Waals surface area contributed by atoms with Gasteiger partial charge in [0.05, 0.1) is 11.0 Å². The van der Waals surface area contributed by atoms with Crippen LogP contribution in [0.25, 0.3) is 0 Å². The first-order chi connectivity index (χ1) is 15.0. The van der Waals surface area contributed by atoms with Crippen LogP contribution < -0.4 is 5.32 Å². The number of non-ortho nitro benzene ring substituents is 1. The molecule has 0 unspecified atom stereocenters. The summed E-state index contributed by atoms with van der Waals surface area (Å²) in [5, 5.41) is 14.9. The number of carbonyl (C=O) groups excluding carboxylic acids is 1. The SMILES string of the molecule is C[C@@H]1CCCCN1C(=O)c1ccc2c(c1)[C@@H]1C=CC[C@@H]1[C@@H](c1cccc([N+](=O)[O-])c1)N2. The van der Waals surface area contributed by atoms with Crippen molar-refractivity contribution in [3.05, 3.63) is 81.4 Å². The molecule has 0 bridgehead atoms. The van der Waals surface area contributed by atoms with E-state index in [0.717, 1.165) is 48.2 Å². The molecule has 1 saturated heterocycles. The lowest BCUT2D eigenvalue weighted by Gasteiger charge is -2.38. The van der Waals surface area contributed by atoms with E-state index in [1.807, 2.05) is 23.1 Å². The van der Waals surface area contributed by atoms with E-state index in [1.165, 1.54) is 12.5 Å². The molecule has 0 radical (unpaired) electrons. The summed E-state index contributed by atoms with van der Waals surface area (Å²) in [6.45, 7) is 2.96. The Morgan fingerprint density at radius 3 is 2.87 bits per heavy atom. The molecule has 2 aromatic rings. The van der Waals surface area contributed by atoms with E-state index in [0.29, 0.717) is 0 Å². The van der Waals surface area contributed by atoms with Gasteiger partial charge < -0.3 is 10.2 Å². The van der Waals surface area contributed by atoms with E-state index in [9.17, 15) is 14.9 Å². The number of nitro groups is 1. The molecule has 3 aliphatic rings. The highest BCUT2D eigenvalue weighted by Crippen LogP contribution is 2.50. The van der Waals surface area contributed by atoms with Crippen molar-refractivity contribution in [1.29, 1.82) is 0 Å². The van der Waals surface area contributed by atoms with E-state index in [2.05, 4.69) is 30.5 Å². The van der Waals surface area contributed by atoms with E-state index in [-0.39, 0.29) is 40.4 Å². The Kier molecular flexibility index (Phi) is 5.00. The Balaban J connectivity index is 1.47. The molecule has 0 saturated carbocycles. The average molecular weight is 418 g/mol. The van der Waals surface area contributed by atoms with Gasteiger partial charge in [-0.15, -0.1) is 0 Å². The molecule has 2 aromatic carbocycles. The van der Waals surface area contributed by atoms with Gasteiger partial charge in [0, 0.05) is 41.9 Å². The zero-order chi connectivity index (χ0) is 21.5. The number of nitrogens with one attached hydrogen (secondary N) is 1. The van der Waals surface area contributed by atoms with E-state index < -0.39 is 0 Å². The molecule has 6 heteroatoms. The highest BCUT2D eigenvalue weighted by Gasteiger charge is 2.38. The minimum Gasteiger partial charge on any atom is -0.378 e. The summed E-state index contributed by atoms with van der Waals surface area (Å²) in [6.07, 6.45) is 8.65. The van der Waals surface area contributed by atoms with E-state index >= 15 is 0 Å². The minimum atomic E-state index is -0.343. The summed E-state index contributed by atoms with van der Waals surface area (Å²) in [4.78, 5) is 26.1. The number of rotatable bonds is 3. The molecule has 0 spiro atoms. The third-order valence-corrected chi connectivity index (χ3v) is 7.11. The number of likely N-dealkylation sites (tertiary alicyclic amines) is 1. The second-order valence-corrected chi connectivity index (χ2v) is 8.97. The Bertz CT molecular complexity index is 1060. The van der Waals surface area contributed by atoms with Crippen molar-refractivity contribution in [3.63, 3.8) is 0 Å². The van der Waals surface area contributed by atoms with Gasteiger partial charge in [-0.3, -0.25) is 14.9 Å². The lowest BCUT2D eigenvalue weighted by Crippen LogP contribution is -2.42. The van der Waals surface area contributed by atoms with Gasteiger partial charge in [0.1, 0.15) is 0 Å². The van der Waals surface area contributed by atoms with Crippen molar-refractivity contribution >= 4 is 17.3 Å². The third-order valence-electron chi connectivity index (χ3n) is 7.11. The third kappa shape index (κ3) is 3.50. The van der Waals surface area contributed by atoms with Gasteiger partial charge in [0.2, 0.25) is 0 Å². The number of carbonyl (C=O) groups is 1. The maximum absolute atomic E-state index is 13.2. The average Bonchev–Trinajstić information content (AvgIpc) is 3.28. The summed E-state index contributed by atoms with van der Waals surface area (Å²) in [7, 11) is 0. The Morgan fingerprint density at radius 1 is 1.19 bits per heavy atom. The number of amides is 1. The molecule has 2 heterocycles. The number of nitro benzene ring substituents is 1. The van der Waals surface area contributed by atoms with Crippen LogP contribution in [-0.2, 0) is 0 Å². The predicted octanol–water partition coefficient (Wildman–Crippen LogP) is 5.44. The van der Waals surface area contributed by atoms with Crippen molar-refractivity contribution in [2.75, 3.05) is 11.9 Å². The second-order valence-electron chi connectivity index (χ2n) is 8.97. The lowest BCUT2D eigenvalue weighted by atomic mass is 9.76. The first kappa shape index (κ1) is 19.8. The number of anilines is 1. The van der Waals surface area contributed by atoms with Crippen LogP contribution in [0.3, 0.4) is 0 Å². The van der Waals surface area contributed by atoms with Crippen LogP contribution in [0.4, 0.5) is 11.4 Å². The smallest absolute Gasteiger partial charge is 0.269 e. The Hall–Kier alpha value is -3.15. The zero-order valence-electron chi connectivity index (χ0n) is 17.7. The molecule has 0 aromatic heterocycles. The maximum Gasteiger partial charge on any atom is 0.269 e. The van der Waals surface area contributed by atoms with E-state index in [4.69, 9.17) is 0 Å². The molecule has 1 fully saturated rings. The molecule has 31 heavy (non-hydrogen) atoms. The van der Waals surface area contributed by atoms with Gasteiger partial charge >= 0.3 is 0 Å². The summed E-state index contributed by atoms with van der Waals surface area (Å²) in [6, 6.07) is 13.2. The van der Waals surface area contributed by atoms with Gasteiger partial charge in [0.15, 0.2) is 0 Å². The molecule has 5 rings (SSSR count). The topological polar surface area (TPSA) is 75.5 Å². The summed E-state index contributed by atoms with van der Waals surface area (Å²) >= 11 is 0.